The van der Waals surface area contributed by atoms with Crippen molar-refractivity contribution in [2.24, 2.45) is 5.92 Å². The SMILES string of the molecule is CC(C)C(=O)c1ccccc1C(=O)c1ccc(N(c2ccccc2)c2ccccc2)cc1. The van der Waals surface area contributed by atoms with Crippen LogP contribution in [-0.4, -0.2) is 11.6 Å². The van der Waals surface area contributed by atoms with Crippen LogP contribution in [0.25, 0.3) is 0 Å². The Morgan fingerprint density at radius 3 is 1.50 bits per heavy atom. The van der Waals surface area contributed by atoms with E-state index in [1.54, 1.807) is 24.3 Å². The number of para-hydroxylation sites is 2. The molecule has 0 fully saturated rings. The lowest BCUT2D eigenvalue weighted by atomic mass is 9.92. The van der Waals surface area contributed by atoms with Gasteiger partial charge in [-0.2, -0.15) is 0 Å². The van der Waals surface area contributed by atoms with E-state index in [4.69, 9.17) is 0 Å². The van der Waals surface area contributed by atoms with Gasteiger partial charge in [0.25, 0.3) is 0 Å². The number of hydrogen-bond donors (Lipinski definition) is 0. The molecule has 0 aromatic heterocycles. The van der Waals surface area contributed by atoms with Crippen LogP contribution in [0.5, 0.6) is 0 Å². The van der Waals surface area contributed by atoms with E-state index in [0.717, 1.165) is 17.1 Å². The summed E-state index contributed by atoms with van der Waals surface area (Å²) in [5.74, 6) is -0.339. The average molecular weight is 420 g/mol. The van der Waals surface area contributed by atoms with Gasteiger partial charge in [0.2, 0.25) is 0 Å². The van der Waals surface area contributed by atoms with E-state index in [-0.39, 0.29) is 17.5 Å². The first kappa shape index (κ1) is 21.3. The molecule has 3 nitrogen and oxygen atoms in total. The highest BCUT2D eigenvalue weighted by molar-refractivity contribution is 6.16. The number of anilines is 3. The van der Waals surface area contributed by atoms with E-state index in [1.807, 2.05) is 74.5 Å². The minimum atomic E-state index is -0.170. The zero-order chi connectivity index (χ0) is 22.5. The average Bonchev–Trinajstić information content (AvgIpc) is 2.85. The van der Waals surface area contributed by atoms with Gasteiger partial charge < -0.3 is 4.90 Å². The van der Waals surface area contributed by atoms with Crippen molar-refractivity contribution < 1.29 is 9.59 Å². The summed E-state index contributed by atoms with van der Waals surface area (Å²) in [4.78, 5) is 28.0. The zero-order valence-corrected chi connectivity index (χ0v) is 18.2. The van der Waals surface area contributed by atoms with Gasteiger partial charge in [-0.3, -0.25) is 9.59 Å². The Balaban J connectivity index is 1.70. The van der Waals surface area contributed by atoms with Crippen molar-refractivity contribution in [2.45, 2.75) is 13.8 Å². The minimum absolute atomic E-state index is 0.0232. The van der Waals surface area contributed by atoms with Gasteiger partial charge in [0.15, 0.2) is 11.6 Å². The highest BCUT2D eigenvalue weighted by Gasteiger charge is 2.20. The van der Waals surface area contributed by atoms with Crippen LogP contribution in [0.15, 0.2) is 109 Å². The molecule has 0 unspecified atom stereocenters. The molecule has 4 aromatic carbocycles. The molecule has 0 bridgehead atoms. The first-order valence-electron chi connectivity index (χ1n) is 10.7. The highest BCUT2D eigenvalue weighted by Crippen LogP contribution is 2.34. The Morgan fingerprint density at radius 2 is 1.00 bits per heavy atom. The number of rotatable bonds is 7. The molecule has 0 radical (unpaired) electrons. The van der Waals surface area contributed by atoms with E-state index in [9.17, 15) is 9.59 Å². The van der Waals surface area contributed by atoms with Crippen molar-refractivity contribution in [1.82, 2.24) is 0 Å². The molecule has 4 rings (SSSR count). The van der Waals surface area contributed by atoms with Gasteiger partial charge >= 0.3 is 0 Å². The molecule has 0 N–H and O–H groups in total. The van der Waals surface area contributed by atoms with E-state index in [1.165, 1.54) is 0 Å². The predicted octanol–water partition coefficient (Wildman–Crippen LogP) is 7.23. The summed E-state index contributed by atoms with van der Waals surface area (Å²) in [6.07, 6.45) is 0. The van der Waals surface area contributed by atoms with Crippen LogP contribution in [0.3, 0.4) is 0 Å². The molecule has 0 saturated heterocycles. The fourth-order valence-electron chi connectivity index (χ4n) is 3.73. The van der Waals surface area contributed by atoms with Crippen molar-refractivity contribution in [3.05, 3.63) is 126 Å². The van der Waals surface area contributed by atoms with Crippen molar-refractivity contribution in [3.8, 4) is 0 Å². The van der Waals surface area contributed by atoms with Gasteiger partial charge in [-0.05, 0) is 48.5 Å². The second-order valence-corrected chi connectivity index (χ2v) is 7.95. The number of Topliss-reactive ketones (excluding diaryl/α,β-unsaturated/α-hetero) is 1. The summed E-state index contributed by atoms with van der Waals surface area (Å²) in [5, 5.41) is 0. The third-order valence-corrected chi connectivity index (χ3v) is 5.38. The Morgan fingerprint density at radius 1 is 0.562 bits per heavy atom. The summed E-state index contributed by atoms with van der Waals surface area (Å²) in [7, 11) is 0. The molecule has 0 saturated carbocycles. The fraction of sp³-hybridized carbons (Fsp3) is 0.103. The maximum absolute atomic E-state index is 13.2. The van der Waals surface area contributed by atoms with Crippen LogP contribution >= 0.6 is 0 Å². The number of ketones is 2. The maximum atomic E-state index is 13.2. The minimum Gasteiger partial charge on any atom is -0.311 e. The molecule has 3 heteroatoms. The predicted molar refractivity (Wildman–Crippen MR) is 130 cm³/mol. The van der Waals surface area contributed by atoms with Gasteiger partial charge in [0, 0.05) is 39.7 Å². The lowest BCUT2D eigenvalue weighted by Crippen LogP contribution is -2.14. The second kappa shape index (κ2) is 9.44. The number of hydrogen-bond acceptors (Lipinski definition) is 3. The van der Waals surface area contributed by atoms with Crippen molar-refractivity contribution in [3.63, 3.8) is 0 Å². The molecule has 0 amide bonds. The first-order chi connectivity index (χ1) is 15.6. The second-order valence-electron chi connectivity index (χ2n) is 7.95. The summed E-state index contributed by atoms with van der Waals surface area (Å²) in [6.45, 7) is 3.69. The molecule has 0 aliphatic heterocycles. The molecule has 0 aliphatic rings. The fourth-order valence-corrected chi connectivity index (χ4v) is 3.73. The van der Waals surface area contributed by atoms with Crippen molar-refractivity contribution in [2.75, 3.05) is 4.90 Å². The largest absolute Gasteiger partial charge is 0.311 e. The van der Waals surface area contributed by atoms with Gasteiger partial charge in [-0.15, -0.1) is 0 Å². The lowest BCUT2D eigenvalue weighted by molar-refractivity contribution is 0.0929. The summed E-state index contributed by atoms with van der Waals surface area (Å²) < 4.78 is 0. The summed E-state index contributed by atoms with van der Waals surface area (Å²) in [5.41, 5.74) is 4.49. The van der Waals surface area contributed by atoms with Gasteiger partial charge in [0.05, 0.1) is 0 Å². The molecule has 158 valence electrons. The van der Waals surface area contributed by atoms with Crippen LogP contribution in [-0.2, 0) is 0 Å². The van der Waals surface area contributed by atoms with E-state index in [2.05, 4.69) is 29.2 Å². The molecule has 0 atom stereocenters. The van der Waals surface area contributed by atoms with Gasteiger partial charge in [-0.1, -0.05) is 74.5 Å². The molecule has 4 aromatic rings. The Bertz CT molecular complexity index is 1170. The van der Waals surface area contributed by atoms with Crippen LogP contribution < -0.4 is 4.90 Å². The third kappa shape index (κ3) is 4.37. The molecule has 0 heterocycles. The lowest BCUT2D eigenvalue weighted by Gasteiger charge is -2.25. The van der Waals surface area contributed by atoms with Crippen LogP contribution in [0, 0.1) is 5.92 Å². The van der Waals surface area contributed by atoms with Gasteiger partial charge in [-0.25, -0.2) is 0 Å². The Labute approximate surface area is 189 Å². The quantitative estimate of drug-likeness (QED) is 0.297. The number of nitrogens with zero attached hydrogens (tertiary/aromatic N) is 1. The Kier molecular flexibility index (Phi) is 6.27. The third-order valence-electron chi connectivity index (χ3n) is 5.38. The van der Waals surface area contributed by atoms with Crippen LogP contribution in [0.4, 0.5) is 17.1 Å². The van der Waals surface area contributed by atoms with Crippen LogP contribution in [0.2, 0.25) is 0 Å². The Hall–Kier alpha value is -3.98. The first-order valence-corrected chi connectivity index (χ1v) is 10.7. The smallest absolute Gasteiger partial charge is 0.193 e. The normalized spacial score (nSPS) is 10.7. The molecular weight excluding hydrogens is 394 g/mol. The van der Waals surface area contributed by atoms with E-state index in [0.29, 0.717) is 16.7 Å². The standard InChI is InChI=1S/C29H25NO2/c1-21(2)28(31)26-15-9-10-16-27(26)29(32)22-17-19-25(20-18-22)30(23-11-5-3-6-12-23)24-13-7-4-8-14-24/h3-21H,1-2H3. The van der Waals surface area contributed by atoms with E-state index < -0.39 is 0 Å². The molecule has 0 spiro atoms. The number of benzene rings is 4. The maximum Gasteiger partial charge on any atom is 0.193 e. The number of carbonyl (C=O) groups is 2. The van der Waals surface area contributed by atoms with Crippen LogP contribution in [0.1, 0.15) is 40.1 Å². The number of carbonyl (C=O) groups excluding carboxylic acids is 2. The molecule has 0 aliphatic carbocycles. The van der Waals surface area contributed by atoms with Gasteiger partial charge in [0.1, 0.15) is 0 Å². The summed E-state index contributed by atoms with van der Waals surface area (Å²) in [6, 6.07) is 34.8. The van der Waals surface area contributed by atoms with Crippen molar-refractivity contribution >= 4 is 28.6 Å². The monoisotopic (exact) mass is 419 g/mol. The highest BCUT2D eigenvalue weighted by atomic mass is 16.1. The van der Waals surface area contributed by atoms with E-state index >= 15 is 0 Å². The molecule has 32 heavy (non-hydrogen) atoms. The summed E-state index contributed by atoms with van der Waals surface area (Å²) >= 11 is 0. The van der Waals surface area contributed by atoms with Crippen molar-refractivity contribution in [1.29, 1.82) is 0 Å². The topological polar surface area (TPSA) is 37.4 Å². The molecular formula is C29H25NO2. The zero-order valence-electron chi connectivity index (χ0n) is 18.2.